The van der Waals surface area contributed by atoms with Crippen molar-refractivity contribution in [3.63, 3.8) is 0 Å². The average molecular weight is 310 g/mol. The number of carbonyl (C=O) groups is 1. The van der Waals surface area contributed by atoms with Crippen LogP contribution in [-0.2, 0) is 6.61 Å². The quantitative estimate of drug-likeness (QED) is 0.932. The van der Waals surface area contributed by atoms with E-state index < -0.39 is 0 Å². The normalized spacial score (nSPS) is 20.5. The van der Waals surface area contributed by atoms with E-state index in [-0.39, 0.29) is 18.1 Å². The molecule has 2 aromatic rings. The maximum absolute atomic E-state index is 11.6. The lowest BCUT2D eigenvalue weighted by Gasteiger charge is -2.27. The van der Waals surface area contributed by atoms with E-state index in [0.29, 0.717) is 6.61 Å². The number of urea groups is 1. The predicted octanol–water partition coefficient (Wildman–Crippen LogP) is 3.87. The van der Waals surface area contributed by atoms with Crippen LogP contribution in [-0.4, -0.2) is 17.0 Å². The zero-order valence-electron chi connectivity index (χ0n) is 13.3. The lowest BCUT2D eigenvalue weighted by atomic mass is 10.0. The lowest BCUT2D eigenvalue weighted by Crippen LogP contribution is -2.39. The Bertz CT molecular complexity index is 655. The first-order valence-corrected chi connectivity index (χ1v) is 7.99. The molecule has 2 aromatic carbocycles. The van der Waals surface area contributed by atoms with Crippen LogP contribution in [0.4, 0.5) is 4.79 Å². The molecule has 4 nitrogen and oxygen atoms in total. The molecule has 4 heteroatoms. The first-order valence-electron chi connectivity index (χ1n) is 7.99. The largest absolute Gasteiger partial charge is 0.489 e. The standard InChI is InChI=1S/C19H22N2O2/c1-14-7-12-18(21(14)19(20)22)16-8-10-17(11-9-16)23-13-15-5-3-2-4-6-15/h2-6,8-11,14,18H,7,12-13H2,1H3,(H2,20,22)/t14?,18-/m1/s1. The molecular formula is C19H22N2O2. The van der Waals surface area contributed by atoms with E-state index in [1.807, 2.05) is 61.5 Å². The Kier molecular flexibility index (Phi) is 4.51. The number of carbonyl (C=O) groups excluding carboxylic acids is 1. The van der Waals surface area contributed by atoms with Crippen molar-refractivity contribution in [2.45, 2.75) is 38.5 Å². The van der Waals surface area contributed by atoms with Gasteiger partial charge in [0, 0.05) is 6.04 Å². The second-order valence-electron chi connectivity index (χ2n) is 6.03. The van der Waals surface area contributed by atoms with Crippen LogP contribution in [0.1, 0.15) is 36.9 Å². The van der Waals surface area contributed by atoms with Gasteiger partial charge in [-0.1, -0.05) is 42.5 Å². The van der Waals surface area contributed by atoms with Crippen molar-refractivity contribution in [2.75, 3.05) is 0 Å². The Morgan fingerprint density at radius 2 is 1.83 bits per heavy atom. The summed E-state index contributed by atoms with van der Waals surface area (Å²) >= 11 is 0. The number of rotatable bonds is 4. The van der Waals surface area contributed by atoms with Crippen LogP contribution in [0.3, 0.4) is 0 Å². The molecule has 0 bridgehead atoms. The third kappa shape index (κ3) is 3.47. The molecule has 2 atom stereocenters. The molecule has 0 radical (unpaired) electrons. The number of amides is 2. The van der Waals surface area contributed by atoms with Crippen LogP contribution in [0.25, 0.3) is 0 Å². The van der Waals surface area contributed by atoms with E-state index in [9.17, 15) is 4.79 Å². The molecule has 23 heavy (non-hydrogen) atoms. The van der Waals surface area contributed by atoms with Crippen LogP contribution in [0, 0.1) is 0 Å². The molecule has 1 fully saturated rings. The number of hydrogen-bond acceptors (Lipinski definition) is 2. The third-order valence-electron chi connectivity index (χ3n) is 4.44. The Morgan fingerprint density at radius 1 is 1.13 bits per heavy atom. The van der Waals surface area contributed by atoms with Gasteiger partial charge in [0.05, 0.1) is 6.04 Å². The highest BCUT2D eigenvalue weighted by Crippen LogP contribution is 2.36. The highest BCUT2D eigenvalue weighted by atomic mass is 16.5. The van der Waals surface area contributed by atoms with E-state index in [0.717, 1.165) is 29.7 Å². The molecule has 1 aliphatic rings. The lowest BCUT2D eigenvalue weighted by molar-refractivity contribution is 0.186. The summed E-state index contributed by atoms with van der Waals surface area (Å²) in [4.78, 5) is 13.4. The Labute approximate surface area is 136 Å². The average Bonchev–Trinajstić information content (AvgIpc) is 2.96. The summed E-state index contributed by atoms with van der Waals surface area (Å²) in [6.07, 6.45) is 1.94. The number of ether oxygens (including phenoxy) is 1. The second-order valence-corrected chi connectivity index (χ2v) is 6.03. The van der Waals surface area contributed by atoms with Gasteiger partial charge in [-0.25, -0.2) is 4.79 Å². The zero-order valence-corrected chi connectivity index (χ0v) is 13.3. The summed E-state index contributed by atoms with van der Waals surface area (Å²) in [5.41, 5.74) is 7.77. The molecule has 1 aliphatic heterocycles. The van der Waals surface area contributed by atoms with Gasteiger partial charge < -0.3 is 15.4 Å². The van der Waals surface area contributed by atoms with E-state index in [1.54, 1.807) is 4.90 Å². The van der Waals surface area contributed by atoms with Crippen molar-refractivity contribution in [2.24, 2.45) is 5.73 Å². The van der Waals surface area contributed by atoms with E-state index in [4.69, 9.17) is 10.5 Å². The first kappa shape index (κ1) is 15.4. The molecule has 0 aromatic heterocycles. The fraction of sp³-hybridized carbons (Fsp3) is 0.316. The number of likely N-dealkylation sites (tertiary alicyclic amines) is 1. The van der Waals surface area contributed by atoms with Gasteiger partial charge in [-0.2, -0.15) is 0 Å². The van der Waals surface area contributed by atoms with Crippen LogP contribution in [0.15, 0.2) is 54.6 Å². The number of benzene rings is 2. The van der Waals surface area contributed by atoms with Crippen LogP contribution < -0.4 is 10.5 Å². The molecule has 0 saturated carbocycles. The predicted molar refractivity (Wildman–Crippen MR) is 90.1 cm³/mol. The zero-order chi connectivity index (χ0) is 16.2. The molecule has 2 amide bonds. The van der Waals surface area contributed by atoms with Gasteiger partial charge in [-0.15, -0.1) is 0 Å². The van der Waals surface area contributed by atoms with Crippen molar-refractivity contribution in [1.82, 2.24) is 4.90 Å². The highest BCUT2D eigenvalue weighted by molar-refractivity contribution is 5.73. The summed E-state index contributed by atoms with van der Waals surface area (Å²) < 4.78 is 5.80. The van der Waals surface area contributed by atoms with Gasteiger partial charge in [0.1, 0.15) is 12.4 Å². The fourth-order valence-corrected chi connectivity index (χ4v) is 3.21. The number of nitrogens with two attached hydrogens (primary N) is 1. The van der Waals surface area contributed by atoms with Gasteiger partial charge in [-0.3, -0.25) is 0 Å². The maximum Gasteiger partial charge on any atom is 0.315 e. The summed E-state index contributed by atoms with van der Waals surface area (Å²) in [6.45, 7) is 2.59. The van der Waals surface area contributed by atoms with Crippen molar-refractivity contribution < 1.29 is 9.53 Å². The molecule has 3 rings (SSSR count). The van der Waals surface area contributed by atoms with Crippen LogP contribution in [0.2, 0.25) is 0 Å². The molecule has 1 heterocycles. The minimum Gasteiger partial charge on any atom is -0.489 e. The van der Waals surface area contributed by atoms with Crippen LogP contribution >= 0.6 is 0 Å². The molecule has 0 spiro atoms. The second kappa shape index (κ2) is 6.73. The van der Waals surface area contributed by atoms with E-state index in [1.165, 1.54) is 0 Å². The van der Waals surface area contributed by atoms with Crippen LogP contribution in [0.5, 0.6) is 5.75 Å². The number of hydrogen-bond donors (Lipinski definition) is 1. The molecule has 0 aliphatic carbocycles. The van der Waals surface area contributed by atoms with Crippen molar-refractivity contribution >= 4 is 6.03 Å². The summed E-state index contributed by atoms with van der Waals surface area (Å²) in [5.74, 6) is 0.828. The highest BCUT2D eigenvalue weighted by Gasteiger charge is 2.33. The topological polar surface area (TPSA) is 55.6 Å². The number of nitrogens with zero attached hydrogens (tertiary/aromatic N) is 1. The summed E-state index contributed by atoms with van der Waals surface area (Å²) in [5, 5.41) is 0. The van der Waals surface area contributed by atoms with E-state index in [2.05, 4.69) is 0 Å². The molecule has 1 unspecified atom stereocenters. The Hall–Kier alpha value is -2.49. The molecule has 1 saturated heterocycles. The maximum atomic E-state index is 11.6. The summed E-state index contributed by atoms with van der Waals surface area (Å²) in [7, 11) is 0. The van der Waals surface area contributed by atoms with E-state index >= 15 is 0 Å². The van der Waals surface area contributed by atoms with Gasteiger partial charge in [0.25, 0.3) is 0 Å². The fourth-order valence-electron chi connectivity index (χ4n) is 3.21. The molecular weight excluding hydrogens is 288 g/mol. The monoisotopic (exact) mass is 310 g/mol. The van der Waals surface area contributed by atoms with Gasteiger partial charge in [0.15, 0.2) is 0 Å². The Morgan fingerprint density at radius 3 is 2.48 bits per heavy atom. The first-order chi connectivity index (χ1) is 11.1. The van der Waals surface area contributed by atoms with Gasteiger partial charge in [-0.05, 0) is 43.0 Å². The molecule has 120 valence electrons. The van der Waals surface area contributed by atoms with Crippen molar-refractivity contribution in [1.29, 1.82) is 0 Å². The van der Waals surface area contributed by atoms with Crippen molar-refractivity contribution in [3.05, 3.63) is 65.7 Å². The minimum atomic E-state index is -0.343. The minimum absolute atomic E-state index is 0.0747. The third-order valence-corrected chi connectivity index (χ3v) is 4.44. The molecule has 2 N–H and O–H groups in total. The smallest absolute Gasteiger partial charge is 0.315 e. The Balaban J connectivity index is 1.66. The van der Waals surface area contributed by atoms with Gasteiger partial charge >= 0.3 is 6.03 Å². The van der Waals surface area contributed by atoms with Crippen molar-refractivity contribution in [3.8, 4) is 5.75 Å². The summed E-state index contributed by atoms with van der Waals surface area (Å²) in [6, 6.07) is 18.0. The van der Waals surface area contributed by atoms with Gasteiger partial charge in [0.2, 0.25) is 0 Å². The number of primary amides is 1. The SMILES string of the molecule is CC1CC[C@H](c2ccc(OCc3ccccc3)cc2)N1C(N)=O.